The summed E-state index contributed by atoms with van der Waals surface area (Å²) in [4.78, 5) is 38.2. The molecule has 0 heterocycles. The van der Waals surface area contributed by atoms with Crippen molar-refractivity contribution < 1.29 is 19.1 Å². The van der Waals surface area contributed by atoms with Crippen LogP contribution in [0, 0.1) is 0 Å². The van der Waals surface area contributed by atoms with Gasteiger partial charge in [0.05, 0.1) is 0 Å². The summed E-state index contributed by atoms with van der Waals surface area (Å²) in [5.41, 5.74) is -2.59. The highest BCUT2D eigenvalue weighted by Crippen LogP contribution is 2.20. The van der Waals surface area contributed by atoms with Gasteiger partial charge in [-0.05, 0) is 71.7 Å². The van der Waals surface area contributed by atoms with E-state index in [0.29, 0.717) is 18.4 Å². The fourth-order valence-electron chi connectivity index (χ4n) is 2.29. The zero-order chi connectivity index (χ0) is 21.8. The molecule has 0 fully saturated rings. The average molecular weight is 455 g/mol. The quantitative estimate of drug-likeness (QED) is 0.610. The van der Waals surface area contributed by atoms with E-state index in [0.717, 1.165) is 4.47 Å². The standard InChI is InChI=1S/C21H31BrN2O4/c1-8-20(6,23-16(25)14-10-12-15(22)13-11-14)17(26)24-21(7,9-2)18(27)28-19(3,4)5/h10-13H,8-9H2,1-7H3,(H,23,25)(H,24,26)/t20-,21+/m1/s1. The largest absolute Gasteiger partial charge is 0.458 e. The smallest absolute Gasteiger partial charge is 0.332 e. The Kier molecular flexibility index (Phi) is 7.82. The zero-order valence-corrected chi connectivity index (χ0v) is 19.3. The summed E-state index contributed by atoms with van der Waals surface area (Å²) >= 11 is 3.33. The molecule has 0 aliphatic rings. The second-order valence-electron chi connectivity index (χ2n) is 8.29. The molecule has 28 heavy (non-hydrogen) atoms. The van der Waals surface area contributed by atoms with Crippen LogP contribution in [0.4, 0.5) is 0 Å². The maximum Gasteiger partial charge on any atom is 0.332 e. The summed E-state index contributed by atoms with van der Waals surface area (Å²) in [6.07, 6.45) is 0.712. The van der Waals surface area contributed by atoms with Gasteiger partial charge >= 0.3 is 5.97 Å². The van der Waals surface area contributed by atoms with Crippen LogP contribution in [-0.2, 0) is 14.3 Å². The lowest BCUT2D eigenvalue weighted by Gasteiger charge is -2.36. The van der Waals surface area contributed by atoms with Crippen molar-refractivity contribution in [2.45, 2.75) is 78.0 Å². The lowest BCUT2D eigenvalue weighted by Crippen LogP contribution is -2.63. The van der Waals surface area contributed by atoms with Gasteiger partial charge in [-0.3, -0.25) is 9.59 Å². The molecule has 0 bridgehead atoms. The maximum atomic E-state index is 13.0. The summed E-state index contributed by atoms with van der Waals surface area (Å²) in [6, 6.07) is 6.86. The first-order valence-corrected chi connectivity index (χ1v) is 10.2. The van der Waals surface area contributed by atoms with Crippen LogP contribution in [-0.4, -0.2) is 34.5 Å². The van der Waals surface area contributed by atoms with E-state index in [4.69, 9.17) is 4.74 Å². The molecule has 1 rings (SSSR count). The van der Waals surface area contributed by atoms with Crippen LogP contribution in [0.1, 0.15) is 71.7 Å². The van der Waals surface area contributed by atoms with Gasteiger partial charge < -0.3 is 15.4 Å². The summed E-state index contributed by atoms with van der Waals surface area (Å²) < 4.78 is 6.31. The fraction of sp³-hybridized carbons (Fsp3) is 0.571. The third-order valence-electron chi connectivity index (χ3n) is 4.65. The fourth-order valence-corrected chi connectivity index (χ4v) is 2.56. The molecule has 1 aromatic rings. The molecule has 0 aliphatic heterocycles. The van der Waals surface area contributed by atoms with Crippen LogP contribution in [0.3, 0.4) is 0 Å². The molecule has 2 N–H and O–H groups in total. The molecule has 0 aromatic heterocycles. The Labute approximate surface area is 175 Å². The van der Waals surface area contributed by atoms with Gasteiger partial charge in [-0.25, -0.2) is 4.79 Å². The molecule has 6 nitrogen and oxygen atoms in total. The Balaban J connectivity index is 2.99. The minimum absolute atomic E-state index is 0.355. The number of benzene rings is 1. The Morgan fingerprint density at radius 2 is 1.39 bits per heavy atom. The third-order valence-corrected chi connectivity index (χ3v) is 5.18. The molecule has 1 aromatic carbocycles. The number of hydrogen-bond donors (Lipinski definition) is 2. The number of carbonyl (C=O) groups excluding carboxylic acids is 3. The van der Waals surface area contributed by atoms with Crippen molar-refractivity contribution in [3.05, 3.63) is 34.3 Å². The predicted octanol–water partition coefficient (Wildman–Crippen LogP) is 3.97. The monoisotopic (exact) mass is 454 g/mol. The van der Waals surface area contributed by atoms with Gasteiger partial charge in [-0.2, -0.15) is 0 Å². The van der Waals surface area contributed by atoms with Crippen molar-refractivity contribution >= 4 is 33.7 Å². The highest BCUT2D eigenvalue weighted by molar-refractivity contribution is 9.10. The molecule has 156 valence electrons. The molecule has 0 unspecified atom stereocenters. The molecule has 0 aliphatic carbocycles. The van der Waals surface area contributed by atoms with E-state index in [1.54, 1.807) is 72.7 Å². The average Bonchev–Trinajstić information content (AvgIpc) is 2.60. The van der Waals surface area contributed by atoms with Crippen molar-refractivity contribution in [3.8, 4) is 0 Å². The lowest BCUT2D eigenvalue weighted by molar-refractivity contribution is -0.164. The molecule has 0 saturated heterocycles. The molecule has 2 amide bonds. The second-order valence-corrected chi connectivity index (χ2v) is 9.20. The van der Waals surface area contributed by atoms with Gasteiger partial charge in [0.1, 0.15) is 16.7 Å². The molecule has 7 heteroatoms. The first kappa shape index (κ1) is 24.1. The van der Waals surface area contributed by atoms with Gasteiger partial charge in [0.2, 0.25) is 5.91 Å². The molecular weight excluding hydrogens is 424 g/mol. The number of nitrogens with one attached hydrogen (secondary N) is 2. The normalized spacial score (nSPS) is 15.7. The number of halogens is 1. The van der Waals surface area contributed by atoms with Crippen LogP contribution < -0.4 is 10.6 Å². The number of esters is 1. The number of amides is 2. The van der Waals surface area contributed by atoms with Crippen molar-refractivity contribution in [1.82, 2.24) is 10.6 Å². The summed E-state index contributed by atoms with van der Waals surface area (Å²) in [5, 5.41) is 5.58. The highest BCUT2D eigenvalue weighted by atomic mass is 79.9. The molecular formula is C21H31BrN2O4. The van der Waals surface area contributed by atoms with E-state index in [1.165, 1.54) is 0 Å². The first-order chi connectivity index (χ1) is 12.8. The molecule has 2 atom stereocenters. The van der Waals surface area contributed by atoms with Crippen LogP contribution >= 0.6 is 15.9 Å². The van der Waals surface area contributed by atoms with Crippen LogP contribution in [0.15, 0.2) is 28.7 Å². The van der Waals surface area contributed by atoms with Crippen LogP contribution in [0.5, 0.6) is 0 Å². The maximum absolute atomic E-state index is 13.0. The second kappa shape index (κ2) is 9.07. The van der Waals surface area contributed by atoms with E-state index in [9.17, 15) is 14.4 Å². The Morgan fingerprint density at radius 3 is 1.82 bits per heavy atom. The topological polar surface area (TPSA) is 84.5 Å². The Morgan fingerprint density at radius 1 is 0.893 bits per heavy atom. The minimum atomic E-state index is -1.19. The van der Waals surface area contributed by atoms with Gasteiger partial charge in [-0.15, -0.1) is 0 Å². The predicted molar refractivity (Wildman–Crippen MR) is 113 cm³/mol. The summed E-state index contributed by atoms with van der Waals surface area (Å²) in [7, 11) is 0. The number of carbonyl (C=O) groups is 3. The number of hydrogen-bond acceptors (Lipinski definition) is 4. The molecule has 0 spiro atoms. The number of rotatable bonds is 7. The van der Waals surface area contributed by atoms with Crippen molar-refractivity contribution in [3.63, 3.8) is 0 Å². The molecule has 0 saturated carbocycles. The summed E-state index contributed by atoms with van der Waals surface area (Å²) in [6.45, 7) is 12.2. The Bertz CT molecular complexity index is 727. The lowest BCUT2D eigenvalue weighted by atomic mass is 9.92. The van der Waals surface area contributed by atoms with Gasteiger partial charge in [0, 0.05) is 10.0 Å². The Hall–Kier alpha value is -1.89. The van der Waals surface area contributed by atoms with E-state index < -0.39 is 28.6 Å². The van der Waals surface area contributed by atoms with Crippen molar-refractivity contribution in [2.75, 3.05) is 0 Å². The summed E-state index contributed by atoms with van der Waals surface area (Å²) in [5.74, 6) is -1.30. The van der Waals surface area contributed by atoms with Crippen molar-refractivity contribution in [2.24, 2.45) is 0 Å². The van der Waals surface area contributed by atoms with Gasteiger partial charge in [0.15, 0.2) is 0 Å². The zero-order valence-electron chi connectivity index (χ0n) is 17.7. The SMILES string of the molecule is CC[C@@](C)(NC(=O)c1ccc(Br)cc1)C(=O)N[C@@](C)(CC)C(=O)OC(C)(C)C. The highest BCUT2D eigenvalue weighted by Gasteiger charge is 2.42. The first-order valence-electron chi connectivity index (χ1n) is 9.40. The number of ether oxygens (including phenoxy) is 1. The van der Waals surface area contributed by atoms with Crippen molar-refractivity contribution in [1.29, 1.82) is 0 Å². The van der Waals surface area contributed by atoms with Gasteiger partial charge in [-0.1, -0.05) is 29.8 Å². The van der Waals surface area contributed by atoms with E-state index >= 15 is 0 Å². The third kappa shape index (κ3) is 6.33. The van der Waals surface area contributed by atoms with Crippen LogP contribution in [0.2, 0.25) is 0 Å². The molecule has 0 radical (unpaired) electrons. The van der Waals surface area contributed by atoms with E-state index in [2.05, 4.69) is 26.6 Å². The van der Waals surface area contributed by atoms with E-state index in [1.807, 2.05) is 0 Å². The minimum Gasteiger partial charge on any atom is -0.458 e. The van der Waals surface area contributed by atoms with Gasteiger partial charge in [0.25, 0.3) is 5.91 Å². The van der Waals surface area contributed by atoms with E-state index in [-0.39, 0.29) is 5.91 Å². The van der Waals surface area contributed by atoms with Crippen LogP contribution in [0.25, 0.3) is 0 Å².